The molecule has 2 aromatic rings. The molecule has 0 atom stereocenters. The lowest BCUT2D eigenvalue weighted by Crippen LogP contribution is -2.58. The van der Waals surface area contributed by atoms with Crippen molar-refractivity contribution in [3.05, 3.63) is 70.3 Å². The van der Waals surface area contributed by atoms with Gasteiger partial charge in [0.2, 0.25) is 0 Å². The van der Waals surface area contributed by atoms with Crippen LogP contribution in [-0.2, 0) is 11.8 Å². The summed E-state index contributed by atoms with van der Waals surface area (Å²) in [6, 6.07) is 15.6. The standard InChI is InChI=1S/C19H23N/c1-14-6-4-9-17(10-14)19(12-20-13-19)11-18-15(2)7-5-8-16(18)3/h4-10,20H,11-13H2,1-3H3. The highest BCUT2D eigenvalue weighted by Gasteiger charge is 2.39. The Bertz CT molecular complexity index is 603. The van der Waals surface area contributed by atoms with Gasteiger partial charge in [0.05, 0.1) is 0 Å². The van der Waals surface area contributed by atoms with Crippen LogP contribution in [0.3, 0.4) is 0 Å². The van der Waals surface area contributed by atoms with Crippen LogP contribution < -0.4 is 5.32 Å². The fourth-order valence-corrected chi connectivity index (χ4v) is 3.30. The number of aryl methyl sites for hydroxylation is 3. The fraction of sp³-hybridized carbons (Fsp3) is 0.368. The normalized spacial score (nSPS) is 16.8. The first-order chi connectivity index (χ1) is 9.61. The molecule has 0 aliphatic carbocycles. The van der Waals surface area contributed by atoms with Gasteiger partial charge in [-0.15, -0.1) is 0 Å². The molecule has 104 valence electrons. The van der Waals surface area contributed by atoms with E-state index in [1.54, 1.807) is 0 Å². The Morgan fingerprint density at radius 1 is 0.950 bits per heavy atom. The second kappa shape index (κ2) is 5.06. The second-order valence-electron chi connectivity index (χ2n) is 6.30. The van der Waals surface area contributed by atoms with Gasteiger partial charge in [0.1, 0.15) is 0 Å². The van der Waals surface area contributed by atoms with E-state index in [1.165, 1.54) is 27.8 Å². The van der Waals surface area contributed by atoms with Gasteiger partial charge in [-0.2, -0.15) is 0 Å². The summed E-state index contributed by atoms with van der Waals surface area (Å²) in [5.41, 5.74) is 7.49. The second-order valence-corrected chi connectivity index (χ2v) is 6.30. The van der Waals surface area contributed by atoms with Crippen molar-refractivity contribution in [3.8, 4) is 0 Å². The fourth-order valence-electron chi connectivity index (χ4n) is 3.30. The molecule has 1 N–H and O–H groups in total. The summed E-state index contributed by atoms with van der Waals surface area (Å²) in [4.78, 5) is 0. The molecule has 0 unspecified atom stereocenters. The van der Waals surface area contributed by atoms with Gasteiger partial charge in [-0.3, -0.25) is 0 Å². The highest BCUT2D eigenvalue weighted by atomic mass is 15.0. The van der Waals surface area contributed by atoms with E-state index < -0.39 is 0 Å². The Morgan fingerprint density at radius 2 is 1.60 bits per heavy atom. The zero-order valence-electron chi connectivity index (χ0n) is 12.7. The molecule has 0 saturated carbocycles. The lowest BCUT2D eigenvalue weighted by atomic mass is 9.69. The monoisotopic (exact) mass is 265 g/mol. The first-order valence-electron chi connectivity index (χ1n) is 7.44. The molecule has 1 nitrogen and oxygen atoms in total. The maximum absolute atomic E-state index is 3.48. The van der Waals surface area contributed by atoms with Crippen molar-refractivity contribution in [2.24, 2.45) is 0 Å². The van der Waals surface area contributed by atoms with Crippen LogP contribution in [0, 0.1) is 20.8 Å². The molecule has 2 aromatic carbocycles. The van der Waals surface area contributed by atoms with Crippen molar-refractivity contribution >= 4 is 0 Å². The highest BCUT2D eigenvalue weighted by molar-refractivity contribution is 5.40. The van der Waals surface area contributed by atoms with Gasteiger partial charge >= 0.3 is 0 Å². The van der Waals surface area contributed by atoms with E-state index in [0.717, 1.165) is 19.5 Å². The van der Waals surface area contributed by atoms with E-state index in [9.17, 15) is 0 Å². The Kier molecular flexibility index (Phi) is 3.39. The minimum absolute atomic E-state index is 0.281. The summed E-state index contributed by atoms with van der Waals surface area (Å²) in [7, 11) is 0. The van der Waals surface area contributed by atoms with E-state index in [2.05, 4.69) is 68.6 Å². The number of hydrogen-bond donors (Lipinski definition) is 1. The minimum Gasteiger partial charge on any atom is -0.315 e. The summed E-state index contributed by atoms with van der Waals surface area (Å²) in [6.45, 7) is 8.83. The number of rotatable bonds is 3. The smallest absolute Gasteiger partial charge is 0.0243 e. The molecule has 1 fully saturated rings. The van der Waals surface area contributed by atoms with Gasteiger partial charge in [0.15, 0.2) is 0 Å². The summed E-state index contributed by atoms with van der Waals surface area (Å²) in [5, 5.41) is 3.48. The van der Waals surface area contributed by atoms with E-state index >= 15 is 0 Å². The molecule has 1 aliphatic heterocycles. The number of benzene rings is 2. The van der Waals surface area contributed by atoms with Gasteiger partial charge in [0.25, 0.3) is 0 Å². The molecular formula is C19H23N. The first-order valence-corrected chi connectivity index (χ1v) is 7.44. The summed E-state index contributed by atoms with van der Waals surface area (Å²) < 4.78 is 0. The van der Waals surface area contributed by atoms with Crippen molar-refractivity contribution in [2.75, 3.05) is 13.1 Å². The SMILES string of the molecule is Cc1cccc(C2(Cc3c(C)cccc3C)CNC2)c1. The van der Waals surface area contributed by atoms with Crippen LogP contribution in [0.2, 0.25) is 0 Å². The maximum atomic E-state index is 3.48. The first kappa shape index (κ1) is 13.4. The van der Waals surface area contributed by atoms with Gasteiger partial charge in [-0.25, -0.2) is 0 Å². The average Bonchev–Trinajstić information content (AvgIpc) is 2.36. The van der Waals surface area contributed by atoms with Gasteiger partial charge in [-0.1, -0.05) is 48.0 Å². The lowest BCUT2D eigenvalue weighted by Gasteiger charge is -2.44. The van der Waals surface area contributed by atoms with Crippen LogP contribution >= 0.6 is 0 Å². The molecule has 20 heavy (non-hydrogen) atoms. The van der Waals surface area contributed by atoms with E-state index in [1.807, 2.05) is 0 Å². The van der Waals surface area contributed by atoms with Crippen LogP contribution in [0.4, 0.5) is 0 Å². The molecule has 1 heterocycles. The van der Waals surface area contributed by atoms with Crippen molar-refractivity contribution in [1.82, 2.24) is 5.32 Å². The van der Waals surface area contributed by atoms with E-state index in [-0.39, 0.29) is 5.41 Å². The molecule has 0 amide bonds. The Balaban J connectivity index is 1.98. The summed E-state index contributed by atoms with van der Waals surface area (Å²) >= 11 is 0. The van der Waals surface area contributed by atoms with Crippen LogP contribution in [-0.4, -0.2) is 13.1 Å². The van der Waals surface area contributed by atoms with Gasteiger partial charge in [-0.05, 0) is 49.4 Å². The molecule has 1 saturated heterocycles. The molecule has 0 spiro atoms. The zero-order chi connectivity index (χ0) is 14.2. The molecule has 1 heteroatoms. The lowest BCUT2D eigenvalue weighted by molar-refractivity contribution is 0.274. The predicted molar refractivity (Wildman–Crippen MR) is 85.3 cm³/mol. The molecule has 0 bridgehead atoms. The summed E-state index contributed by atoms with van der Waals surface area (Å²) in [5.74, 6) is 0. The molecule has 3 rings (SSSR count). The quantitative estimate of drug-likeness (QED) is 0.892. The van der Waals surface area contributed by atoms with Crippen LogP contribution in [0.15, 0.2) is 42.5 Å². The van der Waals surface area contributed by atoms with Crippen LogP contribution in [0.1, 0.15) is 27.8 Å². The number of nitrogens with one attached hydrogen (secondary N) is 1. The third-order valence-corrected chi connectivity index (χ3v) is 4.72. The third kappa shape index (κ3) is 2.27. The molecular weight excluding hydrogens is 242 g/mol. The third-order valence-electron chi connectivity index (χ3n) is 4.72. The average molecular weight is 265 g/mol. The van der Waals surface area contributed by atoms with E-state index in [4.69, 9.17) is 0 Å². The Morgan fingerprint density at radius 3 is 2.15 bits per heavy atom. The van der Waals surface area contributed by atoms with Crippen molar-refractivity contribution in [1.29, 1.82) is 0 Å². The molecule has 0 radical (unpaired) electrons. The largest absolute Gasteiger partial charge is 0.315 e. The predicted octanol–water partition coefficient (Wildman–Crippen LogP) is 3.70. The topological polar surface area (TPSA) is 12.0 Å². The molecule has 1 aliphatic rings. The number of hydrogen-bond acceptors (Lipinski definition) is 1. The van der Waals surface area contributed by atoms with Crippen molar-refractivity contribution < 1.29 is 0 Å². The summed E-state index contributed by atoms with van der Waals surface area (Å²) in [6.07, 6.45) is 1.14. The van der Waals surface area contributed by atoms with Gasteiger partial charge < -0.3 is 5.32 Å². The highest BCUT2D eigenvalue weighted by Crippen LogP contribution is 2.34. The minimum atomic E-state index is 0.281. The maximum Gasteiger partial charge on any atom is 0.0243 e. The van der Waals surface area contributed by atoms with Crippen molar-refractivity contribution in [3.63, 3.8) is 0 Å². The van der Waals surface area contributed by atoms with Gasteiger partial charge in [0, 0.05) is 18.5 Å². The van der Waals surface area contributed by atoms with Crippen molar-refractivity contribution in [2.45, 2.75) is 32.6 Å². The molecule has 0 aromatic heterocycles. The van der Waals surface area contributed by atoms with Crippen LogP contribution in [0.25, 0.3) is 0 Å². The van der Waals surface area contributed by atoms with Crippen LogP contribution in [0.5, 0.6) is 0 Å². The Labute approximate surface area is 122 Å². The Hall–Kier alpha value is -1.60. The van der Waals surface area contributed by atoms with E-state index in [0.29, 0.717) is 0 Å². The zero-order valence-corrected chi connectivity index (χ0v) is 12.7.